The summed E-state index contributed by atoms with van der Waals surface area (Å²) in [6.07, 6.45) is 4.72. The molecule has 0 radical (unpaired) electrons. The first-order chi connectivity index (χ1) is 7.44. The topological polar surface area (TPSA) is 33.6 Å². The van der Waals surface area contributed by atoms with E-state index >= 15 is 0 Å². The van der Waals surface area contributed by atoms with Gasteiger partial charge in [-0.2, -0.15) is 5.10 Å². The molecule has 4 heteroatoms. The van der Waals surface area contributed by atoms with E-state index in [1.807, 2.05) is 0 Å². The van der Waals surface area contributed by atoms with Crippen molar-refractivity contribution in [3.05, 3.63) is 10.6 Å². The summed E-state index contributed by atoms with van der Waals surface area (Å²) in [5, 5.41) is 7.22. The van der Waals surface area contributed by atoms with Gasteiger partial charge in [0.25, 0.3) is 0 Å². The van der Waals surface area contributed by atoms with Crippen molar-refractivity contribution in [2.45, 2.75) is 59.9 Å². The van der Waals surface area contributed by atoms with E-state index in [2.05, 4.69) is 42.5 Å². The van der Waals surface area contributed by atoms with Crippen LogP contribution in [-0.4, -0.2) is 14.8 Å². The average Bonchev–Trinajstić information content (AvgIpc) is 2.48. The second kappa shape index (κ2) is 5.62. The fourth-order valence-electron chi connectivity index (χ4n) is 1.71. The third-order valence-electron chi connectivity index (χ3n) is 2.47. The van der Waals surface area contributed by atoms with Crippen molar-refractivity contribution in [1.82, 2.24) is 14.8 Å². The smallest absolute Gasteiger partial charge is 0.195 e. The van der Waals surface area contributed by atoms with Crippen molar-refractivity contribution >= 4 is 12.2 Å². The molecule has 0 aromatic carbocycles. The summed E-state index contributed by atoms with van der Waals surface area (Å²) < 4.78 is 2.90. The van der Waals surface area contributed by atoms with E-state index in [-0.39, 0.29) is 5.41 Å². The van der Waals surface area contributed by atoms with Gasteiger partial charge in [-0.05, 0) is 24.1 Å². The Hall–Kier alpha value is -0.640. The lowest BCUT2D eigenvalue weighted by atomic mass is 9.97. The Morgan fingerprint density at radius 1 is 1.31 bits per heavy atom. The SMILES string of the molecule is CCCCCc1n[nH]c(=S)n1CC(C)(C)C. The predicted octanol–water partition coefficient (Wildman–Crippen LogP) is 3.72. The van der Waals surface area contributed by atoms with E-state index in [4.69, 9.17) is 12.2 Å². The van der Waals surface area contributed by atoms with Gasteiger partial charge < -0.3 is 4.57 Å². The van der Waals surface area contributed by atoms with Gasteiger partial charge in [-0.1, -0.05) is 40.5 Å². The normalized spacial score (nSPS) is 12.0. The van der Waals surface area contributed by atoms with Crippen LogP contribution in [0, 0.1) is 10.2 Å². The van der Waals surface area contributed by atoms with Crippen molar-refractivity contribution in [2.24, 2.45) is 5.41 Å². The number of aromatic amines is 1. The zero-order valence-corrected chi connectivity index (χ0v) is 11.7. The highest BCUT2D eigenvalue weighted by molar-refractivity contribution is 7.71. The average molecular weight is 241 g/mol. The molecule has 0 spiro atoms. The lowest BCUT2D eigenvalue weighted by molar-refractivity contribution is 0.335. The largest absolute Gasteiger partial charge is 0.304 e. The Balaban J connectivity index is 2.74. The van der Waals surface area contributed by atoms with E-state index in [1.165, 1.54) is 19.3 Å². The molecule has 0 atom stereocenters. The monoisotopic (exact) mass is 241 g/mol. The second-order valence-electron chi connectivity index (χ2n) is 5.55. The molecule has 1 aromatic rings. The van der Waals surface area contributed by atoms with E-state index in [0.29, 0.717) is 0 Å². The standard InChI is InChI=1S/C12H23N3S/c1-5-6-7-8-10-13-14-11(16)15(10)9-12(2,3)4/h5-9H2,1-4H3,(H,14,16). The van der Waals surface area contributed by atoms with Gasteiger partial charge in [-0.3, -0.25) is 5.10 Å². The zero-order chi connectivity index (χ0) is 12.2. The number of hydrogen-bond acceptors (Lipinski definition) is 2. The summed E-state index contributed by atoms with van der Waals surface area (Å²) in [4.78, 5) is 0. The van der Waals surface area contributed by atoms with Crippen LogP contribution < -0.4 is 0 Å². The molecule has 0 amide bonds. The van der Waals surface area contributed by atoms with Crippen molar-refractivity contribution in [3.8, 4) is 0 Å². The van der Waals surface area contributed by atoms with Gasteiger partial charge in [0.2, 0.25) is 0 Å². The highest BCUT2D eigenvalue weighted by atomic mass is 32.1. The molecule has 3 nitrogen and oxygen atoms in total. The van der Waals surface area contributed by atoms with Crippen molar-refractivity contribution in [2.75, 3.05) is 0 Å². The van der Waals surface area contributed by atoms with Gasteiger partial charge >= 0.3 is 0 Å². The fourth-order valence-corrected chi connectivity index (χ4v) is 1.93. The quantitative estimate of drug-likeness (QED) is 0.629. The molecule has 0 unspecified atom stereocenters. The maximum Gasteiger partial charge on any atom is 0.195 e. The third-order valence-corrected chi connectivity index (χ3v) is 2.79. The summed E-state index contributed by atoms with van der Waals surface area (Å²) >= 11 is 5.26. The van der Waals surface area contributed by atoms with E-state index in [0.717, 1.165) is 23.6 Å². The van der Waals surface area contributed by atoms with E-state index < -0.39 is 0 Å². The van der Waals surface area contributed by atoms with Crippen LogP contribution in [0.5, 0.6) is 0 Å². The minimum absolute atomic E-state index is 0.238. The Kier molecular flexibility index (Phi) is 4.71. The fraction of sp³-hybridized carbons (Fsp3) is 0.833. The number of nitrogens with zero attached hydrogens (tertiary/aromatic N) is 2. The molecule has 1 aromatic heterocycles. The van der Waals surface area contributed by atoms with Crippen LogP contribution in [0.3, 0.4) is 0 Å². The maximum atomic E-state index is 5.26. The van der Waals surface area contributed by atoms with Crippen LogP contribution in [0.25, 0.3) is 0 Å². The Morgan fingerprint density at radius 2 is 2.00 bits per heavy atom. The van der Waals surface area contributed by atoms with Gasteiger partial charge in [0.15, 0.2) is 4.77 Å². The number of hydrogen-bond donors (Lipinski definition) is 1. The van der Waals surface area contributed by atoms with Crippen molar-refractivity contribution < 1.29 is 0 Å². The predicted molar refractivity (Wildman–Crippen MR) is 70.1 cm³/mol. The van der Waals surface area contributed by atoms with Crippen molar-refractivity contribution in [3.63, 3.8) is 0 Å². The van der Waals surface area contributed by atoms with E-state index in [9.17, 15) is 0 Å². The Morgan fingerprint density at radius 3 is 2.56 bits per heavy atom. The number of nitrogens with one attached hydrogen (secondary N) is 1. The number of aryl methyl sites for hydroxylation is 1. The maximum absolute atomic E-state index is 5.26. The van der Waals surface area contributed by atoms with Crippen LogP contribution in [0.4, 0.5) is 0 Å². The van der Waals surface area contributed by atoms with Crippen molar-refractivity contribution in [1.29, 1.82) is 0 Å². The van der Waals surface area contributed by atoms with Gasteiger partial charge in [-0.25, -0.2) is 0 Å². The van der Waals surface area contributed by atoms with Gasteiger partial charge in [0, 0.05) is 13.0 Å². The number of aromatic nitrogens is 3. The summed E-state index contributed by atoms with van der Waals surface area (Å²) in [6, 6.07) is 0. The molecule has 0 aliphatic rings. The first-order valence-corrected chi connectivity index (χ1v) is 6.49. The van der Waals surface area contributed by atoms with Gasteiger partial charge in [0.05, 0.1) is 0 Å². The highest BCUT2D eigenvalue weighted by Gasteiger charge is 2.15. The molecule has 0 fully saturated rings. The molecule has 92 valence electrons. The van der Waals surface area contributed by atoms with Crippen LogP contribution in [0.15, 0.2) is 0 Å². The molecule has 0 saturated carbocycles. The minimum atomic E-state index is 0.238. The first kappa shape index (κ1) is 13.4. The first-order valence-electron chi connectivity index (χ1n) is 6.08. The van der Waals surface area contributed by atoms with Crippen LogP contribution >= 0.6 is 12.2 Å². The summed E-state index contributed by atoms with van der Waals surface area (Å²) in [5.41, 5.74) is 0.238. The Bertz CT molecular complexity index is 370. The molecule has 0 aliphatic heterocycles. The molecule has 1 rings (SSSR count). The molecule has 1 N–H and O–H groups in total. The second-order valence-corrected chi connectivity index (χ2v) is 5.94. The van der Waals surface area contributed by atoms with Gasteiger partial charge in [0.1, 0.15) is 5.82 Å². The molecule has 1 heterocycles. The zero-order valence-electron chi connectivity index (χ0n) is 10.8. The highest BCUT2D eigenvalue weighted by Crippen LogP contribution is 2.18. The van der Waals surface area contributed by atoms with Crippen LogP contribution in [-0.2, 0) is 13.0 Å². The summed E-state index contributed by atoms with van der Waals surface area (Å²) in [7, 11) is 0. The number of unbranched alkanes of at least 4 members (excludes halogenated alkanes) is 2. The number of H-pyrrole nitrogens is 1. The lowest BCUT2D eigenvalue weighted by Gasteiger charge is -2.19. The molecule has 0 saturated heterocycles. The molecule has 0 aliphatic carbocycles. The third kappa shape index (κ3) is 4.08. The van der Waals surface area contributed by atoms with Crippen LogP contribution in [0.1, 0.15) is 52.8 Å². The molecule has 16 heavy (non-hydrogen) atoms. The minimum Gasteiger partial charge on any atom is -0.304 e. The molecule has 0 bridgehead atoms. The summed E-state index contributed by atoms with van der Waals surface area (Å²) in [6.45, 7) is 9.81. The molecular weight excluding hydrogens is 218 g/mol. The Labute approximate surface area is 103 Å². The van der Waals surface area contributed by atoms with E-state index in [1.54, 1.807) is 0 Å². The lowest BCUT2D eigenvalue weighted by Crippen LogP contribution is -2.17. The van der Waals surface area contributed by atoms with Crippen LogP contribution in [0.2, 0.25) is 0 Å². The van der Waals surface area contributed by atoms with Gasteiger partial charge in [-0.15, -0.1) is 0 Å². The molecular formula is C12H23N3S. The number of rotatable bonds is 5. The summed E-state index contributed by atoms with van der Waals surface area (Å²) in [5.74, 6) is 1.10.